The fourth-order valence-electron chi connectivity index (χ4n) is 2.27. The first-order chi connectivity index (χ1) is 10.1. The highest BCUT2D eigenvalue weighted by molar-refractivity contribution is 7.84. The van der Waals surface area contributed by atoms with Crippen LogP contribution in [-0.2, 0) is 16.6 Å². The second-order valence-electron chi connectivity index (χ2n) is 5.10. The molecule has 0 radical (unpaired) electrons. The predicted molar refractivity (Wildman–Crippen MR) is 91.1 cm³/mol. The van der Waals surface area contributed by atoms with E-state index in [0.717, 1.165) is 5.56 Å². The lowest BCUT2D eigenvalue weighted by molar-refractivity contribution is 0.635. The molecule has 21 heavy (non-hydrogen) atoms. The Morgan fingerprint density at radius 3 is 2.62 bits per heavy atom. The van der Waals surface area contributed by atoms with Crippen LogP contribution in [0.2, 0.25) is 5.02 Å². The molecule has 0 heterocycles. The van der Waals surface area contributed by atoms with Crippen LogP contribution in [-0.4, -0.2) is 17.0 Å². The molecule has 0 bridgehead atoms. The minimum atomic E-state index is -0.965. The summed E-state index contributed by atoms with van der Waals surface area (Å²) < 4.78 is 12.4. The molecule has 0 aromatic heterocycles. The van der Waals surface area contributed by atoms with E-state index in [2.05, 4.69) is 30.4 Å². The highest BCUT2D eigenvalue weighted by Crippen LogP contribution is 2.20. The summed E-state index contributed by atoms with van der Waals surface area (Å²) in [6, 6.07) is 16.0. The maximum absolute atomic E-state index is 12.4. The number of aryl methyl sites for hydroxylation is 1. The lowest BCUT2D eigenvalue weighted by Crippen LogP contribution is -2.23. The van der Waals surface area contributed by atoms with Gasteiger partial charge in [0.1, 0.15) is 0 Å². The van der Waals surface area contributed by atoms with E-state index in [1.165, 1.54) is 11.1 Å². The van der Waals surface area contributed by atoms with Crippen molar-refractivity contribution >= 4 is 22.4 Å². The van der Waals surface area contributed by atoms with Crippen LogP contribution in [0, 0.1) is 6.92 Å². The second kappa shape index (κ2) is 7.74. The first kappa shape index (κ1) is 16.2. The van der Waals surface area contributed by atoms with E-state index >= 15 is 0 Å². The van der Waals surface area contributed by atoms with Gasteiger partial charge in [-0.25, -0.2) is 0 Å². The van der Waals surface area contributed by atoms with Crippen LogP contribution in [0.15, 0.2) is 48.5 Å². The molecule has 0 fully saturated rings. The molecule has 2 unspecified atom stereocenters. The Morgan fingerprint density at radius 2 is 1.95 bits per heavy atom. The molecule has 0 aliphatic rings. The van der Waals surface area contributed by atoms with Crippen molar-refractivity contribution in [1.82, 2.24) is 5.32 Å². The van der Waals surface area contributed by atoms with Gasteiger partial charge in [-0.2, -0.15) is 0 Å². The van der Waals surface area contributed by atoms with E-state index in [0.29, 0.717) is 16.5 Å². The van der Waals surface area contributed by atoms with Crippen molar-refractivity contribution in [2.24, 2.45) is 0 Å². The third kappa shape index (κ3) is 4.67. The zero-order valence-electron chi connectivity index (χ0n) is 12.3. The number of rotatable bonds is 6. The average Bonchev–Trinajstić information content (AvgIpc) is 2.47. The quantitative estimate of drug-likeness (QED) is 0.875. The molecule has 2 rings (SSSR count). The summed E-state index contributed by atoms with van der Waals surface area (Å²) in [7, 11) is 0.937. The van der Waals surface area contributed by atoms with Crippen molar-refractivity contribution in [1.29, 1.82) is 0 Å². The Morgan fingerprint density at radius 1 is 1.19 bits per heavy atom. The summed E-state index contributed by atoms with van der Waals surface area (Å²) in [5.41, 5.74) is 3.33. The van der Waals surface area contributed by atoms with Gasteiger partial charge >= 0.3 is 0 Å². The van der Waals surface area contributed by atoms with Gasteiger partial charge in [-0.1, -0.05) is 59.6 Å². The first-order valence-electron chi connectivity index (χ1n) is 6.92. The smallest absolute Gasteiger partial charge is 0.0501 e. The van der Waals surface area contributed by atoms with Crippen molar-refractivity contribution in [2.45, 2.75) is 18.7 Å². The molecule has 2 atom stereocenters. The van der Waals surface area contributed by atoms with Crippen LogP contribution in [0.5, 0.6) is 0 Å². The van der Waals surface area contributed by atoms with Gasteiger partial charge < -0.3 is 5.32 Å². The van der Waals surface area contributed by atoms with Gasteiger partial charge in [-0.15, -0.1) is 0 Å². The summed E-state index contributed by atoms with van der Waals surface area (Å²) in [5, 5.41) is 3.93. The molecule has 4 heteroatoms. The van der Waals surface area contributed by atoms with Crippen LogP contribution < -0.4 is 5.32 Å². The predicted octanol–water partition coefficient (Wildman–Crippen LogP) is 3.86. The summed E-state index contributed by atoms with van der Waals surface area (Å²) in [6.07, 6.45) is 0. The summed E-state index contributed by atoms with van der Waals surface area (Å²) in [5.74, 6) is 1.06. The highest BCUT2D eigenvalue weighted by atomic mass is 35.5. The van der Waals surface area contributed by atoms with E-state index in [1.54, 1.807) is 0 Å². The molecule has 2 aromatic rings. The maximum atomic E-state index is 12.4. The van der Waals surface area contributed by atoms with Gasteiger partial charge in [-0.3, -0.25) is 4.21 Å². The van der Waals surface area contributed by atoms with Crippen molar-refractivity contribution in [3.05, 3.63) is 70.2 Å². The molecule has 0 amide bonds. The monoisotopic (exact) mass is 321 g/mol. The third-order valence-electron chi connectivity index (χ3n) is 3.42. The van der Waals surface area contributed by atoms with E-state index in [4.69, 9.17) is 11.6 Å². The Labute approximate surface area is 134 Å². The average molecular weight is 322 g/mol. The van der Waals surface area contributed by atoms with Crippen LogP contribution in [0.1, 0.15) is 22.7 Å². The van der Waals surface area contributed by atoms with Crippen molar-refractivity contribution in [3.8, 4) is 0 Å². The number of nitrogens with one attached hydrogen (secondary N) is 1. The standard InChI is InChI=1S/C17H20ClNOS/c1-13-6-5-8-14(10-13)17(19-2)12-21(20)11-15-7-3-4-9-16(15)18/h3-10,17,19H,11-12H2,1-2H3. The molecular weight excluding hydrogens is 302 g/mol. The zero-order chi connectivity index (χ0) is 15.2. The Bertz CT molecular complexity index is 630. The van der Waals surface area contributed by atoms with Crippen molar-refractivity contribution in [3.63, 3.8) is 0 Å². The molecule has 0 saturated heterocycles. The van der Waals surface area contributed by atoms with Crippen molar-refractivity contribution in [2.75, 3.05) is 12.8 Å². The molecule has 0 spiro atoms. The minimum absolute atomic E-state index is 0.0909. The largest absolute Gasteiger partial charge is 0.312 e. The van der Waals surface area contributed by atoms with Gasteiger partial charge in [0.05, 0.1) is 5.75 Å². The highest BCUT2D eigenvalue weighted by Gasteiger charge is 2.14. The summed E-state index contributed by atoms with van der Waals surface area (Å²) in [6.45, 7) is 2.07. The first-order valence-corrected chi connectivity index (χ1v) is 8.79. The fourth-order valence-corrected chi connectivity index (χ4v) is 4.00. The zero-order valence-corrected chi connectivity index (χ0v) is 13.9. The minimum Gasteiger partial charge on any atom is -0.312 e. The molecule has 2 aromatic carbocycles. The van der Waals surface area contributed by atoms with Gasteiger partial charge in [0, 0.05) is 27.6 Å². The maximum Gasteiger partial charge on any atom is 0.0501 e. The lowest BCUT2D eigenvalue weighted by atomic mass is 10.1. The van der Waals surface area contributed by atoms with E-state index in [-0.39, 0.29) is 6.04 Å². The van der Waals surface area contributed by atoms with Gasteiger partial charge in [-0.05, 0) is 31.2 Å². The lowest BCUT2D eigenvalue weighted by Gasteiger charge is -2.17. The fraction of sp³-hybridized carbons (Fsp3) is 0.294. The van der Waals surface area contributed by atoms with Gasteiger partial charge in [0.25, 0.3) is 0 Å². The van der Waals surface area contributed by atoms with Crippen molar-refractivity contribution < 1.29 is 4.21 Å². The molecular formula is C17H20ClNOS. The van der Waals surface area contributed by atoms with E-state index in [1.807, 2.05) is 37.4 Å². The van der Waals surface area contributed by atoms with Crippen LogP contribution in [0.4, 0.5) is 0 Å². The number of halogens is 1. The normalized spacial score (nSPS) is 13.9. The second-order valence-corrected chi connectivity index (χ2v) is 7.01. The number of benzene rings is 2. The molecule has 1 N–H and O–H groups in total. The van der Waals surface area contributed by atoms with Crippen LogP contribution >= 0.6 is 11.6 Å². The number of hydrogen-bond donors (Lipinski definition) is 1. The molecule has 0 aliphatic carbocycles. The Hall–Kier alpha value is -1.16. The summed E-state index contributed by atoms with van der Waals surface area (Å²) >= 11 is 6.13. The Kier molecular flexibility index (Phi) is 5.97. The molecule has 0 saturated carbocycles. The molecule has 112 valence electrons. The van der Waals surface area contributed by atoms with Gasteiger partial charge in [0.15, 0.2) is 0 Å². The Balaban J connectivity index is 2.05. The third-order valence-corrected chi connectivity index (χ3v) is 5.13. The van der Waals surface area contributed by atoms with E-state index in [9.17, 15) is 4.21 Å². The van der Waals surface area contributed by atoms with Crippen LogP contribution in [0.25, 0.3) is 0 Å². The summed E-state index contributed by atoms with van der Waals surface area (Å²) in [4.78, 5) is 0. The van der Waals surface area contributed by atoms with E-state index < -0.39 is 10.8 Å². The SMILES string of the molecule is CNC(CS(=O)Cc1ccccc1Cl)c1cccc(C)c1. The van der Waals surface area contributed by atoms with Crippen LogP contribution in [0.3, 0.4) is 0 Å². The number of hydrogen-bond acceptors (Lipinski definition) is 2. The topological polar surface area (TPSA) is 29.1 Å². The molecule has 2 nitrogen and oxygen atoms in total. The molecule has 0 aliphatic heterocycles. The van der Waals surface area contributed by atoms with Gasteiger partial charge in [0.2, 0.25) is 0 Å².